The van der Waals surface area contributed by atoms with Crippen molar-refractivity contribution in [3.63, 3.8) is 0 Å². The molecule has 0 radical (unpaired) electrons. The van der Waals surface area contributed by atoms with E-state index in [9.17, 15) is 5.26 Å². The van der Waals surface area contributed by atoms with Gasteiger partial charge < -0.3 is 10.5 Å². The first-order valence-corrected chi connectivity index (χ1v) is 10.7. The van der Waals surface area contributed by atoms with Crippen LogP contribution in [0.3, 0.4) is 0 Å². The maximum atomic E-state index is 9.76. The van der Waals surface area contributed by atoms with Gasteiger partial charge in [-0.05, 0) is 42.8 Å². The number of nitriles is 1. The summed E-state index contributed by atoms with van der Waals surface area (Å²) in [6.07, 6.45) is 2.19. The maximum Gasteiger partial charge on any atom is 0.205 e. The zero-order chi connectivity index (χ0) is 19.0. The molecule has 0 bridgehead atoms. The number of hydrogen-bond donors (Lipinski definition) is 1. The van der Waals surface area contributed by atoms with Crippen LogP contribution in [-0.4, -0.2) is 24.0 Å². The average molecular weight is 396 g/mol. The van der Waals surface area contributed by atoms with Gasteiger partial charge in [-0.2, -0.15) is 5.26 Å². The topological polar surface area (TPSA) is 62.3 Å². The highest BCUT2D eigenvalue weighted by molar-refractivity contribution is 7.10. The fraction of sp³-hybridized carbons (Fsp3) is 0.286. The Labute approximate surface area is 167 Å². The second-order valence-corrected chi connectivity index (χ2v) is 8.94. The van der Waals surface area contributed by atoms with Crippen molar-refractivity contribution >= 4 is 28.7 Å². The fourth-order valence-corrected chi connectivity index (χ4v) is 5.14. The predicted octanol–water partition coefficient (Wildman–Crippen LogP) is 4.68. The van der Waals surface area contributed by atoms with Crippen molar-refractivity contribution in [3.8, 4) is 6.07 Å². The van der Waals surface area contributed by atoms with E-state index in [-0.39, 0.29) is 11.8 Å². The molecule has 4 heterocycles. The number of nitrogens with two attached hydrogens (primary N) is 1. The molecule has 2 aliphatic heterocycles. The summed E-state index contributed by atoms with van der Waals surface area (Å²) in [5, 5.41) is 13.9. The van der Waals surface area contributed by atoms with Gasteiger partial charge in [0.2, 0.25) is 5.88 Å². The highest BCUT2D eigenvalue weighted by Crippen LogP contribution is 2.45. The monoisotopic (exact) mass is 395 g/mol. The summed E-state index contributed by atoms with van der Waals surface area (Å²) in [7, 11) is 0. The van der Waals surface area contributed by atoms with Gasteiger partial charge in [0.05, 0.1) is 5.92 Å². The van der Waals surface area contributed by atoms with Crippen LogP contribution in [0.25, 0.3) is 6.08 Å². The molecule has 0 saturated heterocycles. The van der Waals surface area contributed by atoms with Gasteiger partial charge in [-0.15, -0.1) is 22.7 Å². The second-order valence-electron chi connectivity index (χ2n) is 6.98. The molecular weight excluding hydrogens is 374 g/mol. The molecule has 138 valence electrons. The summed E-state index contributed by atoms with van der Waals surface area (Å²) >= 11 is 3.36. The minimum atomic E-state index is -0.132. The first-order chi connectivity index (χ1) is 13.1. The zero-order valence-corrected chi connectivity index (χ0v) is 16.9. The number of rotatable bonds is 3. The molecule has 0 aliphatic carbocycles. The standard InChI is InChI=1S/C21H21N3OS2/c1-13(2)24-11-14(9-15-5-3-7-26-15)20-17(12-24)19(18-6-4-8-27-18)16(10-22)21(23)25-20/h3-9,13,19H,11-12,23H2,1-2H3/b14-9+/t19-/m1/s1. The van der Waals surface area contributed by atoms with E-state index in [0.29, 0.717) is 11.6 Å². The molecule has 0 aromatic carbocycles. The zero-order valence-electron chi connectivity index (χ0n) is 15.3. The smallest absolute Gasteiger partial charge is 0.205 e. The van der Waals surface area contributed by atoms with E-state index < -0.39 is 0 Å². The third kappa shape index (κ3) is 3.34. The molecule has 27 heavy (non-hydrogen) atoms. The Balaban J connectivity index is 1.87. The Hall–Kier alpha value is -2.33. The largest absolute Gasteiger partial charge is 0.440 e. The van der Waals surface area contributed by atoms with Gasteiger partial charge in [0, 0.05) is 40.0 Å². The van der Waals surface area contributed by atoms with Crippen molar-refractivity contribution in [2.75, 3.05) is 13.1 Å². The minimum Gasteiger partial charge on any atom is -0.440 e. The van der Waals surface area contributed by atoms with Crippen molar-refractivity contribution in [1.29, 1.82) is 5.26 Å². The van der Waals surface area contributed by atoms with Crippen molar-refractivity contribution in [2.45, 2.75) is 25.8 Å². The number of allylic oxidation sites excluding steroid dienone is 1. The molecule has 2 aromatic rings. The van der Waals surface area contributed by atoms with Crippen molar-refractivity contribution in [1.82, 2.24) is 4.90 Å². The molecule has 0 fully saturated rings. The summed E-state index contributed by atoms with van der Waals surface area (Å²) in [5.41, 5.74) is 8.95. The average Bonchev–Trinajstić information content (AvgIpc) is 3.34. The molecule has 2 aliphatic rings. The normalized spacial score (nSPS) is 22.1. The molecule has 6 heteroatoms. The summed E-state index contributed by atoms with van der Waals surface area (Å²) < 4.78 is 6.04. The van der Waals surface area contributed by atoms with Crippen molar-refractivity contribution in [2.24, 2.45) is 5.73 Å². The molecular formula is C21H21N3OS2. The lowest BCUT2D eigenvalue weighted by Gasteiger charge is -2.39. The molecule has 1 atom stereocenters. The highest BCUT2D eigenvalue weighted by Gasteiger charge is 2.38. The third-order valence-corrected chi connectivity index (χ3v) is 6.74. The van der Waals surface area contributed by atoms with Crippen LogP contribution >= 0.6 is 22.7 Å². The van der Waals surface area contributed by atoms with Crippen LogP contribution < -0.4 is 5.73 Å². The van der Waals surface area contributed by atoms with E-state index in [2.05, 4.69) is 48.4 Å². The van der Waals surface area contributed by atoms with Crippen LogP contribution in [0.4, 0.5) is 0 Å². The Kier molecular flexibility index (Phi) is 4.92. The maximum absolute atomic E-state index is 9.76. The van der Waals surface area contributed by atoms with Crippen LogP contribution in [-0.2, 0) is 4.74 Å². The lowest BCUT2D eigenvalue weighted by Crippen LogP contribution is -2.41. The van der Waals surface area contributed by atoms with Gasteiger partial charge >= 0.3 is 0 Å². The summed E-state index contributed by atoms with van der Waals surface area (Å²) in [4.78, 5) is 4.73. The molecule has 2 N–H and O–H groups in total. The summed E-state index contributed by atoms with van der Waals surface area (Å²) in [5.74, 6) is 0.937. The Bertz CT molecular complexity index is 960. The van der Waals surface area contributed by atoms with Crippen LogP contribution in [0.1, 0.15) is 29.5 Å². The quantitative estimate of drug-likeness (QED) is 0.820. The highest BCUT2D eigenvalue weighted by atomic mass is 32.1. The van der Waals surface area contributed by atoms with Gasteiger partial charge in [-0.1, -0.05) is 12.1 Å². The van der Waals surface area contributed by atoms with Gasteiger partial charge in [0.1, 0.15) is 17.4 Å². The third-order valence-electron chi connectivity index (χ3n) is 4.98. The van der Waals surface area contributed by atoms with E-state index >= 15 is 0 Å². The molecule has 0 amide bonds. The summed E-state index contributed by atoms with van der Waals surface area (Å²) in [6, 6.07) is 10.9. The van der Waals surface area contributed by atoms with E-state index in [1.54, 1.807) is 22.7 Å². The second kappa shape index (κ2) is 7.35. The lowest BCUT2D eigenvalue weighted by molar-refractivity contribution is 0.208. The number of hydrogen-bond acceptors (Lipinski definition) is 6. The van der Waals surface area contributed by atoms with Gasteiger partial charge in [0.25, 0.3) is 0 Å². The Morgan fingerprint density at radius 1 is 1.26 bits per heavy atom. The summed E-state index contributed by atoms with van der Waals surface area (Å²) in [6.45, 7) is 5.98. The number of nitrogens with zero attached hydrogens (tertiary/aromatic N) is 2. The van der Waals surface area contributed by atoms with E-state index in [1.165, 1.54) is 4.88 Å². The molecule has 4 rings (SSSR count). The first kappa shape index (κ1) is 18.1. The van der Waals surface area contributed by atoms with Gasteiger partial charge in [0.15, 0.2) is 0 Å². The van der Waals surface area contributed by atoms with Crippen LogP contribution in [0.2, 0.25) is 0 Å². The predicted molar refractivity (Wildman–Crippen MR) is 111 cm³/mol. The molecule has 2 aromatic heterocycles. The van der Waals surface area contributed by atoms with Crippen LogP contribution in [0.15, 0.2) is 63.4 Å². The minimum absolute atomic E-state index is 0.132. The SMILES string of the molecule is CC(C)N1CC2=C(OC(N)=C(C#N)[C@H]2c2cccs2)/C(=C/c2cccs2)C1. The number of ether oxygens (including phenoxy) is 1. The van der Waals surface area contributed by atoms with Crippen LogP contribution in [0, 0.1) is 11.3 Å². The molecule has 4 nitrogen and oxygen atoms in total. The number of thiophene rings is 2. The molecule has 0 spiro atoms. The Morgan fingerprint density at radius 3 is 2.67 bits per heavy atom. The van der Waals surface area contributed by atoms with Gasteiger partial charge in [-0.3, -0.25) is 4.90 Å². The molecule has 0 unspecified atom stereocenters. The first-order valence-electron chi connectivity index (χ1n) is 8.91. The fourth-order valence-electron chi connectivity index (χ4n) is 3.59. The lowest BCUT2D eigenvalue weighted by atomic mass is 9.83. The Morgan fingerprint density at radius 2 is 2.04 bits per heavy atom. The van der Waals surface area contributed by atoms with Crippen molar-refractivity contribution < 1.29 is 4.74 Å². The van der Waals surface area contributed by atoms with E-state index in [1.807, 2.05) is 17.5 Å². The van der Waals surface area contributed by atoms with Gasteiger partial charge in [-0.25, -0.2) is 0 Å². The molecule has 0 saturated carbocycles. The van der Waals surface area contributed by atoms with Crippen molar-refractivity contribution in [3.05, 3.63) is 73.1 Å². The van der Waals surface area contributed by atoms with E-state index in [0.717, 1.165) is 34.9 Å². The van der Waals surface area contributed by atoms with Crippen LogP contribution in [0.5, 0.6) is 0 Å². The van der Waals surface area contributed by atoms with E-state index in [4.69, 9.17) is 10.5 Å².